The second-order valence-corrected chi connectivity index (χ2v) is 4.47. The third kappa shape index (κ3) is 3.03. The van der Waals surface area contributed by atoms with Crippen LogP contribution in [0.5, 0.6) is 5.75 Å². The van der Waals surface area contributed by atoms with E-state index in [1.165, 1.54) is 0 Å². The number of ether oxygens (including phenoxy) is 1. The highest BCUT2D eigenvalue weighted by Gasteiger charge is 2.20. The quantitative estimate of drug-likeness (QED) is 0.855. The maximum Gasteiger partial charge on any atom is 0.415 e. The Morgan fingerprint density at radius 3 is 2.41 bits per heavy atom. The number of rotatable bonds is 1. The van der Waals surface area contributed by atoms with E-state index in [-0.39, 0.29) is 5.75 Å². The predicted molar refractivity (Wildman–Crippen MR) is 66.9 cm³/mol. The van der Waals surface area contributed by atoms with Crippen molar-refractivity contribution in [1.82, 2.24) is 10.2 Å². The van der Waals surface area contributed by atoms with Crippen molar-refractivity contribution in [3.63, 3.8) is 0 Å². The molecule has 0 radical (unpaired) electrons. The molecule has 0 aromatic heterocycles. The molecule has 1 aromatic rings. The van der Waals surface area contributed by atoms with E-state index in [4.69, 9.17) is 27.9 Å². The van der Waals surface area contributed by atoms with Crippen LogP contribution in [-0.4, -0.2) is 37.2 Å². The SMILES string of the molecule is O=C(Oc1c(Cl)cccc1Cl)N1CCNCC1. The summed E-state index contributed by atoms with van der Waals surface area (Å²) in [4.78, 5) is 13.5. The number of hydrogen-bond donors (Lipinski definition) is 1. The number of halogens is 2. The largest absolute Gasteiger partial charge is 0.415 e. The lowest BCUT2D eigenvalue weighted by molar-refractivity contribution is 0.146. The Balaban J connectivity index is 2.07. The van der Waals surface area contributed by atoms with Crippen molar-refractivity contribution < 1.29 is 9.53 Å². The van der Waals surface area contributed by atoms with Gasteiger partial charge in [-0.15, -0.1) is 0 Å². The minimum Gasteiger partial charge on any atom is -0.407 e. The number of nitrogens with zero attached hydrogens (tertiary/aromatic N) is 1. The summed E-state index contributed by atoms with van der Waals surface area (Å²) < 4.78 is 5.21. The number of carbonyl (C=O) groups is 1. The lowest BCUT2D eigenvalue weighted by Gasteiger charge is -2.26. The fourth-order valence-corrected chi connectivity index (χ4v) is 2.05. The molecule has 1 aliphatic heterocycles. The first-order chi connectivity index (χ1) is 8.18. The Morgan fingerprint density at radius 2 is 1.82 bits per heavy atom. The molecule has 0 saturated carbocycles. The number of hydrogen-bond acceptors (Lipinski definition) is 3. The molecule has 1 aliphatic rings. The van der Waals surface area contributed by atoms with E-state index in [1.807, 2.05) is 0 Å². The van der Waals surface area contributed by atoms with Gasteiger partial charge in [-0.2, -0.15) is 0 Å². The smallest absolute Gasteiger partial charge is 0.407 e. The molecule has 1 fully saturated rings. The summed E-state index contributed by atoms with van der Waals surface area (Å²) in [5, 5.41) is 3.82. The van der Waals surface area contributed by atoms with Crippen LogP contribution in [0.2, 0.25) is 10.0 Å². The van der Waals surface area contributed by atoms with E-state index in [0.29, 0.717) is 23.1 Å². The molecule has 4 nitrogen and oxygen atoms in total. The first kappa shape index (κ1) is 12.5. The second kappa shape index (κ2) is 5.58. The van der Waals surface area contributed by atoms with Crippen molar-refractivity contribution in [2.75, 3.05) is 26.2 Å². The maximum atomic E-state index is 11.8. The molecule has 1 saturated heterocycles. The summed E-state index contributed by atoms with van der Waals surface area (Å²) >= 11 is 11.8. The average Bonchev–Trinajstić information content (AvgIpc) is 2.35. The van der Waals surface area contributed by atoms with Crippen LogP contribution in [0.1, 0.15) is 0 Å². The Bertz CT molecular complexity index is 400. The molecule has 0 atom stereocenters. The third-order valence-electron chi connectivity index (χ3n) is 2.48. The lowest BCUT2D eigenvalue weighted by atomic mass is 10.3. The Kier molecular flexibility index (Phi) is 4.10. The fourth-order valence-electron chi connectivity index (χ4n) is 1.58. The van der Waals surface area contributed by atoms with E-state index in [0.717, 1.165) is 13.1 Å². The van der Waals surface area contributed by atoms with Crippen molar-refractivity contribution in [3.8, 4) is 5.75 Å². The number of nitrogens with one attached hydrogen (secondary N) is 1. The molecule has 1 amide bonds. The standard InChI is InChI=1S/C11H12Cl2N2O2/c12-8-2-1-3-9(13)10(8)17-11(16)15-6-4-14-5-7-15/h1-3,14H,4-7H2. The zero-order valence-electron chi connectivity index (χ0n) is 9.08. The molecular formula is C11H12Cl2N2O2. The van der Waals surface area contributed by atoms with Gasteiger partial charge < -0.3 is 15.0 Å². The first-order valence-electron chi connectivity index (χ1n) is 5.30. The summed E-state index contributed by atoms with van der Waals surface area (Å²) in [6.45, 7) is 2.79. The molecule has 1 heterocycles. The highest BCUT2D eigenvalue weighted by Crippen LogP contribution is 2.32. The second-order valence-electron chi connectivity index (χ2n) is 3.66. The van der Waals surface area contributed by atoms with E-state index >= 15 is 0 Å². The topological polar surface area (TPSA) is 41.6 Å². The van der Waals surface area contributed by atoms with Gasteiger partial charge in [0.15, 0.2) is 5.75 Å². The third-order valence-corrected chi connectivity index (χ3v) is 3.08. The van der Waals surface area contributed by atoms with E-state index in [2.05, 4.69) is 5.32 Å². The van der Waals surface area contributed by atoms with Gasteiger partial charge in [-0.1, -0.05) is 29.3 Å². The summed E-state index contributed by atoms with van der Waals surface area (Å²) in [6, 6.07) is 4.97. The van der Waals surface area contributed by atoms with Crippen LogP contribution in [0.15, 0.2) is 18.2 Å². The number of amides is 1. The van der Waals surface area contributed by atoms with E-state index in [9.17, 15) is 4.79 Å². The van der Waals surface area contributed by atoms with Crippen molar-refractivity contribution >= 4 is 29.3 Å². The van der Waals surface area contributed by atoms with Crippen LogP contribution in [-0.2, 0) is 0 Å². The minimum absolute atomic E-state index is 0.222. The van der Waals surface area contributed by atoms with Gasteiger partial charge in [0, 0.05) is 26.2 Å². The number of benzene rings is 1. The zero-order chi connectivity index (χ0) is 12.3. The van der Waals surface area contributed by atoms with Crippen molar-refractivity contribution in [3.05, 3.63) is 28.2 Å². The zero-order valence-corrected chi connectivity index (χ0v) is 10.6. The van der Waals surface area contributed by atoms with Crippen LogP contribution in [0, 0.1) is 0 Å². The average molecular weight is 275 g/mol. The summed E-state index contributed by atoms with van der Waals surface area (Å²) in [5.74, 6) is 0.222. The highest BCUT2D eigenvalue weighted by atomic mass is 35.5. The van der Waals surface area contributed by atoms with Crippen molar-refractivity contribution in [2.24, 2.45) is 0 Å². The summed E-state index contributed by atoms with van der Waals surface area (Å²) in [6.07, 6.45) is -0.415. The molecule has 2 rings (SSSR count). The monoisotopic (exact) mass is 274 g/mol. The van der Waals surface area contributed by atoms with Crippen LogP contribution < -0.4 is 10.1 Å². The normalized spacial score (nSPS) is 15.8. The van der Waals surface area contributed by atoms with Gasteiger partial charge in [-0.25, -0.2) is 4.79 Å². The van der Waals surface area contributed by atoms with Crippen molar-refractivity contribution in [2.45, 2.75) is 0 Å². The lowest BCUT2D eigenvalue weighted by Crippen LogP contribution is -2.47. The molecule has 0 unspecified atom stereocenters. The van der Waals surface area contributed by atoms with Gasteiger partial charge in [0.25, 0.3) is 0 Å². The Labute approximate surface area is 109 Å². The van der Waals surface area contributed by atoms with Gasteiger partial charge in [-0.3, -0.25) is 0 Å². The van der Waals surface area contributed by atoms with E-state index < -0.39 is 6.09 Å². The molecule has 1 aromatic carbocycles. The molecule has 6 heteroatoms. The van der Waals surface area contributed by atoms with E-state index in [1.54, 1.807) is 23.1 Å². The Hall–Kier alpha value is -0.970. The molecule has 0 spiro atoms. The summed E-state index contributed by atoms with van der Waals surface area (Å²) in [5.41, 5.74) is 0. The minimum atomic E-state index is -0.415. The van der Waals surface area contributed by atoms with Crippen LogP contribution in [0.4, 0.5) is 4.79 Å². The summed E-state index contributed by atoms with van der Waals surface area (Å²) in [7, 11) is 0. The number of carbonyl (C=O) groups excluding carboxylic acids is 1. The number of para-hydroxylation sites is 1. The van der Waals surface area contributed by atoms with Gasteiger partial charge >= 0.3 is 6.09 Å². The first-order valence-corrected chi connectivity index (χ1v) is 6.05. The predicted octanol–water partition coefficient (Wildman–Crippen LogP) is 2.40. The van der Waals surface area contributed by atoms with Crippen LogP contribution in [0.25, 0.3) is 0 Å². The van der Waals surface area contributed by atoms with Gasteiger partial charge in [-0.05, 0) is 12.1 Å². The van der Waals surface area contributed by atoms with Crippen molar-refractivity contribution in [1.29, 1.82) is 0 Å². The molecule has 17 heavy (non-hydrogen) atoms. The maximum absolute atomic E-state index is 11.8. The molecule has 1 N–H and O–H groups in total. The number of piperazine rings is 1. The molecular weight excluding hydrogens is 263 g/mol. The van der Waals surface area contributed by atoms with Crippen LogP contribution >= 0.6 is 23.2 Å². The molecule has 0 aliphatic carbocycles. The van der Waals surface area contributed by atoms with Crippen LogP contribution in [0.3, 0.4) is 0 Å². The highest BCUT2D eigenvalue weighted by molar-refractivity contribution is 6.37. The molecule has 0 bridgehead atoms. The van der Waals surface area contributed by atoms with Gasteiger partial charge in [0.05, 0.1) is 10.0 Å². The fraction of sp³-hybridized carbons (Fsp3) is 0.364. The molecule has 92 valence electrons. The Morgan fingerprint density at radius 1 is 1.24 bits per heavy atom. The van der Waals surface area contributed by atoms with Gasteiger partial charge in [0.1, 0.15) is 0 Å². The van der Waals surface area contributed by atoms with Gasteiger partial charge in [0.2, 0.25) is 0 Å².